The molecule has 5 rings (SSSR count). The summed E-state index contributed by atoms with van der Waals surface area (Å²) in [5.41, 5.74) is 1.98. The molecule has 0 bridgehead atoms. The topological polar surface area (TPSA) is 85.3 Å². The van der Waals surface area contributed by atoms with Crippen LogP contribution in [0.15, 0.2) is 78.4 Å². The highest BCUT2D eigenvalue weighted by atomic mass is 16.6. The van der Waals surface area contributed by atoms with Crippen LogP contribution in [0.2, 0.25) is 0 Å². The van der Waals surface area contributed by atoms with Crippen molar-refractivity contribution >= 4 is 17.4 Å². The number of ketones is 1. The van der Waals surface area contributed by atoms with E-state index in [0.717, 1.165) is 24.8 Å². The van der Waals surface area contributed by atoms with Gasteiger partial charge in [0, 0.05) is 12.1 Å². The van der Waals surface area contributed by atoms with Gasteiger partial charge in [-0.25, -0.2) is 0 Å². The lowest BCUT2D eigenvalue weighted by Gasteiger charge is -2.26. The summed E-state index contributed by atoms with van der Waals surface area (Å²) in [4.78, 5) is 28.3. The third kappa shape index (κ3) is 5.23. The van der Waals surface area contributed by atoms with Crippen molar-refractivity contribution in [2.45, 2.75) is 38.8 Å². The number of Topliss-reactive ketones (excluding diaryl/α,β-unsaturated/α-hetero) is 1. The maximum absolute atomic E-state index is 13.4. The quantitative estimate of drug-likeness (QED) is 0.172. The molecular weight excluding hydrogens is 482 g/mol. The maximum Gasteiger partial charge on any atom is 0.295 e. The van der Waals surface area contributed by atoms with Crippen molar-refractivity contribution in [3.63, 3.8) is 0 Å². The van der Waals surface area contributed by atoms with E-state index < -0.39 is 17.7 Å². The van der Waals surface area contributed by atoms with Crippen molar-refractivity contribution in [1.29, 1.82) is 0 Å². The van der Waals surface area contributed by atoms with E-state index in [0.29, 0.717) is 48.2 Å². The molecule has 0 saturated carbocycles. The van der Waals surface area contributed by atoms with E-state index in [1.165, 1.54) is 4.90 Å². The number of likely N-dealkylation sites (tertiary alicyclic amines) is 1. The van der Waals surface area contributed by atoms with E-state index in [4.69, 9.17) is 14.2 Å². The third-order valence-electron chi connectivity index (χ3n) is 6.74. The van der Waals surface area contributed by atoms with E-state index in [2.05, 4.69) is 6.92 Å². The van der Waals surface area contributed by atoms with Crippen molar-refractivity contribution < 1.29 is 28.9 Å². The minimum absolute atomic E-state index is 0.0331. The molecule has 2 aliphatic heterocycles. The smallest absolute Gasteiger partial charge is 0.295 e. The molecule has 3 aromatic rings. The summed E-state index contributed by atoms with van der Waals surface area (Å²) in [7, 11) is 0. The van der Waals surface area contributed by atoms with Crippen molar-refractivity contribution in [2.75, 3.05) is 19.8 Å². The average Bonchev–Trinajstić information content (AvgIpc) is 3.20. The highest BCUT2D eigenvalue weighted by molar-refractivity contribution is 6.46. The summed E-state index contributed by atoms with van der Waals surface area (Å²) in [6.07, 6.45) is 3.11. The van der Waals surface area contributed by atoms with Gasteiger partial charge in [-0.05, 0) is 47.9 Å². The van der Waals surface area contributed by atoms with E-state index in [9.17, 15) is 14.7 Å². The van der Waals surface area contributed by atoms with Crippen molar-refractivity contribution in [1.82, 2.24) is 4.90 Å². The van der Waals surface area contributed by atoms with Crippen LogP contribution in [0.25, 0.3) is 5.76 Å². The number of benzene rings is 3. The van der Waals surface area contributed by atoms with Gasteiger partial charge in [-0.15, -0.1) is 0 Å². The van der Waals surface area contributed by atoms with Crippen LogP contribution in [0.1, 0.15) is 48.9 Å². The first-order chi connectivity index (χ1) is 18.6. The summed E-state index contributed by atoms with van der Waals surface area (Å²) in [5.74, 6) is 0.0674. The Hall–Kier alpha value is -4.26. The number of fused-ring (bicyclic) bond motifs is 1. The Balaban J connectivity index is 1.56. The molecule has 1 atom stereocenters. The summed E-state index contributed by atoms with van der Waals surface area (Å²) in [6, 6.07) is 21.1. The Morgan fingerprint density at radius 3 is 2.53 bits per heavy atom. The van der Waals surface area contributed by atoms with Gasteiger partial charge in [0.25, 0.3) is 11.7 Å². The standard InChI is InChI=1S/C31H31NO6/c1-2-3-7-15-36-24-12-8-11-22(18-24)28-27(29(33)23-13-14-25-26(19-23)38-17-16-37-25)30(34)31(35)32(28)20-21-9-5-4-6-10-21/h4-6,8-14,18-19,28,33H,2-3,7,15-17,20H2,1H3/b29-27-. The van der Waals surface area contributed by atoms with Crippen LogP contribution >= 0.6 is 0 Å². The molecule has 7 nitrogen and oxygen atoms in total. The fraction of sp³-hybridized carbons (Fsp3) is 0.290. The zero-order valence-corrected chi connectivity index (χ0v) is 21.4. The fourth-order valence-electron chi connectivity index (χ4n) is 4.83. The Morgan fingerprint density at radius 2 is 1.74 bits per heavy atom. The van der Waals surface area contributed by atoms with Gasteiger partial charge in [-0.2, -0.15) is 0 Å². The van der Waals surface area contributed by atoms with Gasteiger partial charge < -0.3 is 24.2 Å². The normalized spacial score (nSPS) is 18.0. The molecule has 1 amide bonds. The summed E-state index contributed by atoms with van der Waals surface area (Å²) < 4.78 is 17.2. The Bertz CT molecular complexity index is 1350. The monoisotopic (exact) mass is 513 g/mol. The maximum atomic E-state index is 13.4. The second kappa shape index (κ2) is 11.4. The molecule has 1 unspecified atom stereocenters. The number of amides is 1. The predicted molar refractivity (Wildman–Crippen MR) is 143 cm³/mol. The molecular formula is C31H31NO6. The van der Waals surface area contributed by atoms with E-state index in [1.807, 2.05) is 54.6 Å². The van der Waals surface area contributed by atoms with Crippen LogP contribution in [0.3, 0.4) is 0 Å². The summed E-state index contributed by atoms with van der Waals surface area (Å²) in [6.45, 7) is 3.77. The minimum atomic E-state index is -0.789. The molecule has 1 fully saturated rings. The molecule has 3 aromatic carbocycles. The third-order valence-corrected chi connectivity index (χ3v) is 6.74. The van der Waals surface area contributed by atoms with Gasteiger partial charge in [0.15, 0.2) is 11.5 Å². The molecule has 0 radical (unpaired) electrons. The van der Waals surface area contributed by atoms with Crippen LogP contribution in [-0.4, -0.2) is 41.5 Å². The van der Waals surface area contributed by atoms with Crippen LogP contribution in [0.4, 0.5) is 0 Å². The second-order valence-electron chi connectivity index (χ2n) is 9.40. The van der Waals surface area contributed by atoms with Gasteiger partial charge in [-0.1, -0.05) is 62.2 Å². The molecule has 2 heterocycles. The van der Waals surface area contributed by atoms with Crippen molar-refractivity contribution in [3.05, 3.63) is 95.1 Å². The van der Waals surface area contributed by atoms with Gasteiger partial charge in [0.1, 0.15) is 24.7 Å². The summed E-state index contributed by atoms with van der Waals surface area (Å²) >= 11 is 0. The van der Waals surface area contributed by atoms with Gasteiger partial charge in [0.2, 0.25) is 0 Å². The number of aliphatic hydroxyl groups excluding tert-OH is 1. The number of nitrogens with zero attached hydrogens (tertiary/aromatic N) is 1. The lowest BCUT2D eigenvalue weighted by atomic mass is 9.94. The molecule has 0 spiro atoms. The van der Waals surface area contributed by atoms with Crippen molar-refractivity contribution in [3.8, 4) is 17.2 Å². The number of rotatable bonds is 9. The molecule has 38 heavy (non-hydrogen) atoms. The van der Waals surface area contributed by atoms with Crippen LogP contribution in [0, 0.1) is 0 Å². The molecule has 7 heteroatoms. The highest BCUT2D eigenvalue weighted by Gasteiger charge is 2.46. The number of hydrogen-bond acceptors (Lipinski definition) is 6. The molecule has 2 aliphatic rings. The first-order valence-electron chi connectivity index (χ1n) is 13.0. The second-order valence-corrected chi connectivity index (χ2v) is 9.40. The lowest BCUT2D eigenvalue weighted by Crippen LogP contribution is -2.29. The van der Waals surface area contributed by atoms with E-state index in [-0.39, 0.29) is 17.9 Å². The first kappa shape index (κ1) is 25.4. The molecule has 1 N–H and O–H groups in total. The highest BCUT2D eigenvalue weighted by Crippen LogP contribution is 2.42. The number of unbranched alkanes of at least 4 members (excludes halogenated alkanes) is 2. The molecule has 0 aliphatic carbocycles. The summed E-state index contributed by atoms with van der Waals surface area (Å²) in [5, 5.41) is 11.4. The lowest BCUT2D eigenvalue weighted by molar-refractivity contribution is -0.140. The minimum Gasteiger partial charge on any atom is -0.507 e. The van der Waals surface area contributed by atoms with Gasteiger partial charge >= 0.3 is 0 Å². The van der Waals surface area contributed by atoms with Crippen molar-refractivity contribution in [2.24, 2.45) is 0 Å². The molecule has 0 aromatic heterocycles. The number of aliphatic hydroxyl groups is 1. The zero-order chi connectivity index (χ0) is 26.5. The first-order valence-corrected chi connectivity index (χ1v) is 13.0. The largest absolute Gasteiger partial charge is 0.507 e. The zero-order valence-electron chi connectivity index (χ0n) is 21.4. The Kier molecular flexibility index (Phi) is 7.63. The van der Waals surface area contributed by atoms with Gasteiger partial charge in [-0.3, -0.25) is 9.59 Å². The Morgan fingerprint density at radius 1 is 0.947 bits per heavy atom. The van der Waals surface area contributed by atoms with Crippen LogP contribution < -0.4 is 14.2 Å². The Labute approximate surface area is 222 Å². The number of ether oxygens (including phenoxy) is 3. The van der Waals surface area contributed by atoms with E-state index in [1.54, 1.807) is 18.2 Å². The predicted octanol–water partition coefficient (Wildman–Crippen LogP) is 5.65. The van der Waals surface area contributed by atoms with Crippen LogP contribution in [-0.2, 0) is 16.1 Å². The molecule has 196 valence electrons. The fourth-order valence-corrected chi connectivity index (χ4v) is 4.83. The molecule has 1 saturated heterocycles. The van der Waals surface area contributed by atoms with E-state index >= 15 is 0 Å². The van der Waals surface area contributed by atoms with Gasteiger partial charge in [0.05, 0.1) is 18.2 Å². The van der Waals surface area contributed by atoms with Crippen LogP contribution in [0.5, 0.6) is 17.2 Å². The number of carbonyl (C=O) groups is 2. The SMILES string of the molecule is CCCCCOc1cccc(C2/C(=C(/O)c3ccc4c(c3)OCCO4)C(=O)C(=O)N2Cc2ccccc2)c1. The average molecular weight is 514 g/mol. The number of carbonyl (C=O) groups excluding carboxylic acids is 2. The number of hydrogen-bond donors (Lipinski definition) is 1.